The standard InChI is InChI=1S/C25H25FN2O5S/c1-18(29)21-4-3-5-23(16-21)28(34(2,31)32)17-19-6-8-20(9-7-19)25(30)27-14-15-33-24-12-10-22(26)11-13-24/h3-13,16H,14-15,17H2,1-2H3,(H,27,30). The van der Waals surface area contributed by atoms with Crippen molar-refractivity contribution in [2.24, 2.45) is 0 Å². The molecular formula is C25H25FN2O5S. The van der Waals surface area contributed by atoms with Crippen LogP contribution in [0.15, 0.2) is 72.8 Å². The van der Waals surface area contributed by atoms with Crippen molar-refractivity contribution in [3.05, 3.63) is 95.3 Å². The number of halogens is 1. The molecule has 34 heavy (non-hydrogen) atoms. The second-order valence-corrected chi connectivity index (χ2v) is 9.54. The minimum atomic E-state index is -3.62. The lowest BCUT2D eigenvalue weighted by molar-refractivity contribution is 0.0946. The van der Waals surface area contributed by atoms with E-state index in [2.05, 4.69) is 5.32 Å². The van der Waals surface area contributed by atoms with E-state index in [1.807, 2.05) is 0 Å². The van der Waals surface area contributed by atoms with Gasteiger partial charge in [0.15, 0.2) is 5.78 Å². The van der Waals surface area contributed by atoms with E-state index in [-0.39, 0.29) is 37.2 Å². The molecule has 0 spiro atoms. The van der Waals surface area contributed by atoms with Crippen LogP contribution in [0.2, 0.25) is 0 Å². The molecule has 1 amide bonds. The molecule has 7 nitrogen and oxygen atoms in total. The number of Topliss-reactive ketones (excluding diaryl/α,β-unsaturated/α-hetero) is 1. The molecule has 0 unspecified atom stereocenters. The van der Waals surface area contributed by atoms with Crippen LogP contribution in [0.3, 0.4) is 0 Å². The van der Waals surface area contributed by atoms with Gasteiger partial charge < -0.3 is 10.1 Å². The number of rotatable bonds is 10. The molecule has 3 rings (SSSR count). The zero-order chi connectivity index (χ0) is 24.7. The lowest BCUT2D eigenvalue weighted by Gasteiger charge is -2.23. The number of benzene rings is 3. The summed E-state index contributed by atoms with van der Waals surface area (Å²) in [6.07, 6.45) is 1.10. The van der Waals surface area contributed by atoms with Gasteiger partial charge in [-0.3, -0.25) is 13.9 Å². The molecule has 0 saturated heterocycles. The maximum Gasteiger partial charge on any atom is 0.251 e. The second-order valence-electron chi connectivity index (χ2n) is 7.63. The lowest BCUT2D eigenvalue weighted by Crippen LogP contribution is -2.30. The first-order valence-electron chi connectivity index (χ1n) is 10.5. The third-order valence-corrected chi connectivity index (χ3v) is 6.09. The number of ketones is 1. The molecule has 0 fully saturated rings. The van der Waals surface area contributed by atoms with Crippen LogP contribution in [-0.2, 0) is 16.6 Å². The van der Waals surface area contributed by atoms with Crippen LogP contribution in [0.1, 0.15) is 33.2 Å². The number of carbonyl (C=O) groups excluding carboxylic acids is 2. The van der Waals surface area contributed by atoms with Crippen molar-refractivity contribution in [1.29, 1.82) is 0 Å². The zero-order valence-corrected chi connectivity index (χ0v) is 19.6. The summed E-state index contributed by atoms with van der Waals surface area (Å²) in [4.78, 5) is 24.0. The maximum absolute atomic E-state index is 12.9. The molecule has 0 aliphatic carbocycles. The number of nitrogens with zero attached hydrogens (tertiary/aromatic N) is 1. The quantitative estimate of drug-likeness (QED) is 0.349. The molecule has 0 saturated carbocycles. The maximum atomic E-state index is 12.9. The number of carbonyl (C=O) groups is 2. The van der Waals surface area contributed by atoms with Crippen LogP contribution in [-0.4, -0.2) is 39.5 Å². The highest BCUT2D eigenvalue weighted by molar-refractivity contribution is 7.92. The van der Waals surface area contributed by atoms with Crippen LogP contribution >= 0.6 is 0 Å². The van der Waals surface area contributed by atoms with Gasteiger partial charge >= 0.3 is 0 Å². The van der Waals surface area contributed by atoms with Gasteiger partial charge in [-0.25, -0.2) is 12.8 Å². The predicted molar refractivity (Wildman–Crippen MR) is 128 cm³/mol. The Morgan fingerprint density at radius 3 is 2.26 bits per heavy atom. The van der Waals surface area contributed by atoms with E-state index in [1.54, 1.807) is 48.5 Å². The van der Waals surface area contributed by atoms with E-state index in [4.69, 9.17) is 4.74 Å². The van der Waals surface area contributed by atoms with E-state index >= 15 is 0 Å². The summed E-state index contributed by atoms with van der Waals surface area (Å²) in [6, 6.07) is 18.6. The Labute approximate surface area is 198 Å². The van der Waals surface area contributed by atoms with Crippen LogP contribution < -0.4 is 14.4 Å². The predicted octanol–water partition coefficient (Wildman–Crippen LogP) is 3.80. The van der Waals surface area contributed by atoms with Crippen molar-refractivity contribution in [2.75, 3.05) is 23.7 Å². The molecule has 0 atom stereocenters. The summed E-state index contributed by atoms with van der Waals surface area (Å²) in [6.45, 7) is 1.95. The fourth-order valence-electron chi connectivity index (χ4n) is 3.17. The first-order chi connectivity index (χ1) is 16.1. The average Bonchev–Trinajstić information content (AvgIpc) is 2.81. The second kappa shape index (κ2) is 10.9. The Bertz CT molecular complexity index is 1260. The third kappa shape index (κ3) is 6.89. The summed E-state index contributed by atoms with van der Waals surface area (Å²) >= 11 is 0. The fraction of sp³-hybridized carbons (Fsp3) is 0.200. The molecule has 3 aromatic rings. The Kier molecular flexibility index (Phi) is 8.01. The Morgan fingerprint density at radius 2 is 1.65 bits per heavy atom. The van der Waals surface area contributed by atoms with Gasteiger partial charge in [-0.05, 0) is 61.0 Å². The van der Waals surface area contributed by atoms with Gasteiger partial charge in [0, 0.05) is 11.1 Å². The average molecular weight is 485 g/mol. The van der Waals surface area contributed by atoms with Gasteiger partial charge in [0.05, 0.1) is 25.0 Å². The van der Waals surface area contributed by atoms with Crippen molar-refractivity contribution in [2.45, 2.75) is 13.5 Å². The number of nitrogens with one attached hydrogen (secondary N) is 1. The Hall–Kier alpha value is -3.72. The fourth-order valence-corrected chi connectivity index (χ4v) is 4.05. The Morgan fingerprint density at radius 1 is 0.971 bits per heavy atom. The van der Waals surface area contributed by atoms with Crippen LogP contribution in [0.5, 0.6) is 5.75 Å². The minimum absolute atomic E-state index is 0.0492. The highest BCUT2D eigenvalue weighted by Crippen LogP contribution is 2.22. The van der Waals surface area contributed by atoms with Gasteiger partial charge in [-0.1, -0.05) is 24.3 Å². The van der Waals surface area contributed by atoms with Crippen molar-refractivity contribution in [3.63, 3.8) is 0 Å². The third-order valence-electron chi connectivity index (χ3n) is 4.95. The molecule has 3 aromatic carbocycles. The molecule has 0 aliphatic rings. The van der Waals surface area contributed by atoms with Gasteiger partial charge in [-0.15, -0.1) is 0 Å². The number of hydrogen-bond acceptors (Lipinski definition) is 5. The number of amides is 1. The number of hydrogen-bond donors (Lipinski definition) is 1. The molecule has 0 heterocycles. The Balaban J connectivity index is 1.60. The topological polar surface area (TPSA) is 92.8 Å². The van der Waals surface area contributed by atoms with E-state index in [9.17, 15) is 22.4 Å². The van der Waals surface area contributed by atoms with Gasteiger partial charge in [0.2, 0.25) is 10.0 Å². The largest absolute Gasteiger partial charge is 0.492 e. The monoisotopic (exact) mass is 484 g/mol. The molecule has 0 bridgehead atoms. The normalized spacial score (nSPS) is 11.0. The van der Waals surface area contributed by atoms with Crippen LogP contribution in [0, 0.1) is 5.82 Å². The van der Waals surface area contributed by atoms with Gasteiger partial charge in [0.1, 0.15) is 18.2 Å². The van der Waals surface area contributed by atoms with E-state index in [0.717, 1.165) is 6.26 Å². The zero-order valence-electron chi connectivity index (χ0n) is 18.8. The van der Waals surface area contributed by atoms with E-state index in [1.165, 1.54) is 35.5 Å². The summed E-state index contributed by atoms with van der Waals surface area (Å²) in [7, 11) is -3.62. The molecule has 1 N–H and O–H groups in total. The summed E-state index contributed by atoms with van der Waals surface area (Å²) in [5.74, 6) is -0.310. The molecule has 0 aromatic heterocycles. The smallest absolute Gasteiger partial charge is 0.251 e. The van der Waals surface area contributed by atoms with Crippen molar-refractivity contribution in [3.8, 4) is 5.75 Å². The molecule has 178 valence electrons. The summed E-state index contributed by atoms with van der Waals surface area (Å²) < 4.78 is 44.4. The minimum Gasteiger partial charge on any atom is -0.492 e. The summed E-state index contributed by atoms with van der Waals surface area (Å²) in [5.41, 5.74) is 1.89. The first kappa shape index (κ1) is 24.9. The highest BCUT2D eigenvalue weighted by Gasteiger charge is 2.19. The van der Waals surface area contributed by atoms with E-state index in [0.29, 0.717) is 28.1 Å². The lowest BCUT2D eigenvalue weighted by atomic mass is 10.1. The van der Waals surface area contributed by atoms with E-state index < -0.39 is 10.0 Å². The van der Waals surface area contributed by atoms with Gasteiger partial charge in [0.25, 0.3) is 5.91 Å². The molecular weight excluding hydrogens is 459 g/mol. The molecule has 0 radical (unpaired) electrons. The number of anilines is 1. The SMILES string of the molecule is CC(=O)c1cccc(N(Cc2ccc(C(=O)NCCOc3ccc(F)cc3)cc2)S(C)(=O)=O)c1. The van der Waals surface area contributed by atoms with Crippen LogP contribution in [0.4, 0.5) is 10.1 Å². The van der Waals surface area contributed by atoms with Crippen LogP contribution in [0.25, 0.3) is 0 Å². The summed E-state index contributed by atoms with van der Waals surface area (Å²) in [5, 5.41) is 2.73. The van der Waals surface area contributed by atoms with Crippen molar-refractivity contribution >= 4 is 27.4 Å². The van der Waals surface area contributed by atoms with Gasteiger partial charge in [-0.2, -0.15) is 0 Å². The molecule has 0 aliphatic heterocycles. The first-order valence-corrected chi connectivity index (χ1v) is 12.3. The van der Waals surface area contributed by atoms with Crippen molar-refractivity contribution < 1.29 is 27.1 Å². The van der Waals surface area contributed by atoms with Crippen molar-refractivity contribution in [1.82, 2.24) is 5.32 Å². The number of sulfonamides is 1. The highest BCUT2D eigenvalue weighted by atomic mass is 32.2. The molecule has 9 heteroatoms. The number of ether oxygens (including phenoxy) is 1.